The molecular formula is C21H32IN7O. The van der Waals surface area contributed by atoms with Crippen LogP contribution in [0.1, 0.15) is 13.3 Å². The Morgan fingerprint density at radius 1 is 1.27 bits per heavy atom. The van der Waals surface area contributed by atoms with Gasteiger partial charge in [0.25, 0.3) is 0 Å². The van der Waals surface area contributed by atoms with Gasteiger partial charge >= 0.3 is 0 Å². The number of carbonyl (C=O) groups is 1. The lowest BCUT2D eigenvalue weighted by atomic mass is 10.2. The van der Waals surface area contributed by atoms with Crippen molar-refractivity contribution in [3.63, 3.8) is 0 Å². The molecule has 0 saturated carbocycles. The average Bonchev–Trinajstić information content (AvgIpc) is 3.17. The fourth-order valence-electron chi connectivity index (χ4n) is 3.59. The third-order valence-electron chi connectivity index (χ3n) is 5.13. The molecule has 1 aromatic heterocycles. The number of nitrogens with zero attached hydrogens (tertiary/aromatic N) is 6. The molecule has 8 nitrogen and oxygen atoms in total. The quantitative estimate of drug-likeness (QED) is 0.260. The van der Waals surface area contributed by atoms with Crippen molar-refractivity contribution in [2.45, 2.75) is 13.3 Å². The number of piperazine rings is 1. The Hall–Kier alpha value is -2.30. The van der Waals surface area contributed by atoms with Crippen LogP contribution in [-0.4, -0.2) is 72.9 Å². The van der Waals surface area contributed by atoms with Crippen LogP contribution in [-0.2, 0) is 11.8 Å². The van der Waals surface area contributed by atoms with Gasteiger partial charge in [-0.05, 0) is 25.5 Å². The van der Waals surface area contributed by atoms with Crippen molar-refractivity contribution >= 4 is 47.2 Å². The lowest BCUT2D eigenvalue weighted by Crippen LogP contribution is -2.55. The van der Waals surface area contributed by atoms with E-state index in [0.717, 1.165) is 44.2 Å². The predicted molar refractivity (Wildman–Crippen MR) is 133 cm³/mol. The summed E-state index contributed by atoms with van der Waals surface area (Å²) in [5.74, 6) is 0.848. The fraction of sp³-hybridized carbons (Fsp3) is 0.476. The van der Waals surface area contributed by atoms with Crippen LogP contribution in [0.25, 0.3) is 0 Å². The Labute approximate surface area is 195 Å². The van der Waals surface area contributed by atoms with E-state index in [1.165, 1.54) is 5.69 Å². The molecule has 1 aromatic carbocycles. The van der Waals surface area contributed by atoms with Crippen molar-refractivity contribution in [1.29, 1.82) is 0 Å². The first-order valence-electron chi connectivity index (χ1n) is 10.2. The summed E-state index contributed by atoms with van der Waals surface area (Å²) in [4.78, 5) is 23.1. The number of aromatic nitrogens is 2. The predicted octanol–water partition coefficient (Wildman–Crippen LogP) is 2.18. The number of amides is 1. The number of para-hydroxylation sites is 1. The normalized spacial score (nSPS) is 14.5. The maximum Gasteiger partial charge on any atom is 0.246 e. The zero-order valence-corrected chi connectivity index (χ0v) is 20.3. The maximum atomic E-state index is 12.6. The number of benzene rings is 1. The second-order valence-electron chi connectivity index (χ2n) is 7.08. The summed E-state index contributed by atoms with van der Waals surface area (Å²) < 4.78 is 1.71. The Balaban J connectivity index is 0.00000320. The molecule has 2 aromatic rings. The third kappa shape index (κ3) is 6.10. The Bertz CT molecular complexity index is 824. The lowest BCUT2D eigenvalue weighted by Gasteiger charge is -2.35. The van der Waals surface area contributed by atoms with Gasteiger partial charge in [-0.25, -0.2) is 0 Å². The molecule has 0 unspecified atom stereocenters. The highest BCUT2D eigenvalue weighted by atomic mass is 127. The summed E-state index contributed by atoms with van der Waals surface area (Å²) in [5.41, 5.74) is 2.09. The lowest BCUT2D eigenvalue weighted by molar-refractivity contribution is -0.120. The van der Waals surface area contributed by atoms with Gasteiger partial charge in [-0.3, -0.25) is 14.5 Å². The van der Waals surface area contributed by atoms with Gasteiger partial charge in [0.05, 0.1) is 11.9 Å². The van der Waals surface area contributed by atoms with Gasteiger partial charge in [0.1, 0.15) is 6.54 Å². The van der Waals surface area contributed by atoms with E-state index in [-0.39, 0.29) is 29.9 Å². The molecule has 1 amide bonds. The van der Waals surface area contributed by atoms with Gasteiger partial charge in [-0.15, -0.1) is 24.0 Å². The minimum absolute atomic E-state index is 0. The van der Waals surface area contributed by atoms with Gasteiger partial charge in [-0.2, -0.15) is 5.10 Å². The van der Waals surface area contributed by atoms with Crippen molar-refractivity contribution in [3.8, 4) is 0 Å². The van der Waals surface area contributed by atoms with Crippen LogP contribution in [0.5, 0.6) is 0 Å². The molecule has 0 radical (unpaired) electrons. The van der Waals surface area contributed by atoms with Gasteiger partial charge in [0.2, 0.25) is 5.91 Å². The van der Waals surface area contributed by atoms with E-state index in [1.807, 2.05) is 24.2 Å². The van der Waals surface area contributed by atoms with E-state index in [2.05, 4.69) is 51.5 Å². The number of rotatable bonds is 7. The van der Waals surface area contributed by atoms with Gasteiger partial charge < -0.3 is 20.0 Å². The first-order valence-corrected chi connectivity index (χ1v) is 10.2. The van der Waals surface area contributed by atoms with Gasteiger partial charge in [0.15, 0.2) is 5.96 Å². The molecule has 0 atom stereocenters. The number of nitrogens with one attached hydrogen (secondary N) is 1. The van der Waals surface area contributed by atoms with Gasteiger partial charge in [0, 0.05) is 58.7 Å². The topological polar surface area (TPSA) is 69.0 Å². The number of aliphatic imine (C=N–C) groups is 1. The molecule has 3 rings (SSSR count). The maximum absolute atomic E-state index is 12.6. The van der Waals surface area contributed by atoms with Crippen LogP contribution in [0.4, 0.5) is 11.4 Å². The molecule has 0 bridgehead atoms. The summed E-state index contributed by atoms with van der Waals surface area (Å²) in [6.07, 6.45) is 4.59. The van der Waals surface area contributed by atoms with Crippen LogP contribution in [0.3, 0.4) is 0 Å². The van der Waals surface area contributed by atoms with Crippen molar-refractivity contribution < 1.29 is 4.79 Å². The minimum atomic E-state index is 0. The average molecular weight is 525 g/mol. The first-order chi connectivity index (χ1) is 14.1. The summed E-state index contributed by atoms with van der Waals surface area (Å²) >= 11 is 0. The Kier molecular flexibility index (Phi) is 9.41. The highest BCUT2D eigenvalue weighted by Crippen LogP contribution is 2.16. The number of anilines is 2. The summed E-state index contributed by atoms with van der Waals surface area (Å²) in [5, 5.41) is 7.57. The second kappa shape index (κ2) is 11.8. The van der Waals surface area contributed by atoms with E-state index in [1.54, 1.807) is 22.8 Å². The van der Waals surface area contributed by atoms with E-state index in [9.17, 15) is 4.79 Å². The number of hydrogen-bond donors (Lipinski definition) is 1. The molecule has 9 heteroatoms. The third-order valence-corrected chi connectivity index (χ3v) is 5.13. The van der Waals surface area contributed by atoms with E-state index in [4.69, 9.17) is 0 Å². The number of aryl methyl sites for hydroxylation is 1. The van der Waals surface area contributed by atoms with Gasteiger partial charge in [-0.1, -0.05) is 18.2 Å². The molecule has 164 valence electrons. The fourth-order valence-corrected chi connectivity index (χ4v) is 3.59. The standard InChI is InChI=1S/C21H31N7O.HI/c1-4-26(18-9-6-5-7-10-18)12-8-11-23-21(22-2)27-13-14-28(20(29)17-27)19-15-24-25(3)16-19;/h5-7,9-10,15-16H,4,8,11-14,17H2,1-3H3,(H,22,23);1H. The molecule has 1 N–H and O–H groups in total. The second-order valence-corrected chi connectivity index (χ2v) is 7.08. The molecule has 1 aliphatic heterocycles. The summed E-state index contributed by atoms with van der Waals surface area (Å²) in [6, 6.07) is 10.5. The van der Waals surface area contributed by atoms with Crippen LogP contribution in [0.2, 0.25) is 0 Å². The zero-order valence-electron chi connectivity index (χ0n) is 18.0. The Morgan fingerprint density at radius 3 is 2.63 bits per heavy atom. The highest BCUT2D eigenvalue weighted by molar-refractivity contribution is 14.0. The van der Waals surface area contributed by atoms with Crippen LogP contribution >= 0.6 is 24.0 Å². The SMILES string of the molecule is CCN(CCCNC(=NC)N1CCN(c2cnn(C)c2)C(=O)C1)c1ccccc1.I. The Morgan fingerprint density at radius 2 is 2.03 bits per heavy atom. The van der Waals surface area contributed by atoms with Crippen molar-refractivity contribution in [1.82, 2.24) is 20.0 Å². The number of hydrogen-bond acceptors (Lipinski definition) is 4. The monoisotopic (exact) mass is 525 g/mol. The van der Waals surface area contributed by atoms with Crippen molar-refractivity contribution in [2.24, 2.45) is 12.0 Å². The zero-order chi connectivity index (χ0) is 20.6. The minimum Gasteiger partial charge on any atom is -0.372 e. The molecule has 1 saturated heterocycles. The molecule has 2 heterocycles. The van der Waals surface area contributed by atoms with Crippen LogP contribution < -0.4 is 15.1 Å². The molecule has 30 heavy (non-hydrogen) atoms. The van der Waals surface area contributed by atoms with Crippen LogP contribution in [0.15, 0.2) is 47.7 Å². The number of halogens is 1. The van der Waals surface area contributed by atoms with E-state index >= 15 is 0 Å². The van der Waals surface area contributed by atoms with E-state index < -0.39 is 0 Å². The van der Waals surface area contributed by atoms with Crippen LogP contribution in [0, 0.1) is 0 Å². The number of carbonyl (C=O) groups excluding carboxylic acids is 1. The summed E-state index contributed by atoms with van der Waals surface area (Å²) in [6.45, 7) is 6.62. The van der Waals surface area contributed by atoms with E-state index in [0.29, 0.717) is 13.1 Å². The summed E-state index contributed by atoms with van der Waals surface area (Å²) in [7, 11) is 3.62. The number of guanidine groups is 1. The highest BCUT2D eigenvalue weighted by Gasteiger charge is 2.27. The molecule has 1 fully saturated rings. The molecular weight excluding hydrogens is 493 g/mol. The largest absolute Gasteiger partial charge is 0.372 e. The molecule has 0 spiro atoms. The first kappa shape index (κ1) is 24.0. The molecule has 1 aliphatic rings. The van der Waals surface area contributed by atoms with Crippen molar-refractivity contribution in [2.75, 3.05) is 56.1 Å². The van der Waals surface area contributed by atoms with Crippen molar-refractivity contribution in [3.05, 3.63) is 42.7 Å². The molecule has 0 aliphatic carbocycles. The smallest absolute Gasteiger partial charge is 0.246 e.